The molecule has 1 aromatic carbocycles. The van der Waals surface area contributed by atoms with Crippen molar-refractivity contribution in [2.45, 2.75) is 58.5 Å². The molecule has 2 heteroatoms. The first kappa shape index (κ1) is 16.5. The molecule has 0 aliphatic carbocycles. The zero-order chi connectivity index (χ0) is 15.4. The third kappa shape index (κ3) is 3.49. The van der Waals surface area contributed by atoms with Gasteiger partial charge in [0.25, 0.3) is 0 Å². The van der Waals surface area contributed by atoms with Gasteiger partial charge in [-0.05, 0) is 57.2 Å². The van der Waals surface area contributed by atoms with Gasteiger partial charge in [-0.15, -0.1) is 6.58 Å². The topological polar surface area (TPSA) is 35.8 Å². The summed E-state index contributed by atoms with van der Waals surface area (Å²) in [5.74, 6) is 0. The Labute approximate surface area is 123 Å². The molecule has 0 bridgehead atoms. The fourth-order valence-electron chi connectivity index (χ4n) is 2.99. The second kappa shape index (κ2) is 6.24. The Morgan fingerprint density at radius 1 is 1.20 bits per heavy atom. The van der Waals surface area contributed by atoms with E-state index in [0.29, 0.717) is 0 Å². The van der Waals surface area contributed by atoms with Crippen LogP contribution in [0.2, 0.25) is 0 Å². The number of aryl methyl sites for hydroxylation is 1. The summed E-state index contributed by atoms with van der Waals surface area (Å²) in [6.07, 6.45) is 4.13. The van der Waals surface area contributed by atoms with Crippen molar-refractivity contribution in [3.8, 4) is 6.07 Å². The van der Waals surface area contributed by atoms with Crippen LogP contribution in [0.4, 0.5) is 0 Å². The lowest BCUT2D eigenvalue weighted by molar-refractivity contribution is 0.319. The van der Waals surface area contributed by atoms with Crippen LogP contribution < -0.4 is 5.32 Å². The molecule has 0 radical (unpaired) electrons. The van der Waals surface area contributed by atoms with Crippen molar-refractivity contribution in [2.75, 3.05) is 0 Å². The molecule has 0 atom stereocenters. The molecule has 0 saturated heterocycles. The lowest BCUT2D eigenvalue weighted by atomic mass is 9.88. The van der Waals surface area contributed by atoms with Crippen LogP contribution in [0.1, 0.15) is 57.7 Å². The molecule has 0 saturated carbocycles. The number of allylic oxidation sites excluding steroid dienone is 1. The van der Waals surface area contributed by atoms with E-state index in [1.165, 1.54) is 23.6 Å². The maximum absolute atomic E-state index is 7.32. The van der Waals surface area contributed by atoms with Crippen molar-refractivity contribution >= 4 is 0 Å². The average Bonchev–Trinajstić information content (AvgIpc) is 2.53. The predicted molar refractivity (Wildman–Crippen MR) is 85.4 cm³/mol. The van der Waals surface area contributed by atoms with E-state index < -0.39 is 0 Å². The summed E-state index contributed by atoms with van der Waals surface area (Å²) in [7, 11) is 0. The quantitative estimate of drug-likeness (QED) is 0.826. The monoisotopic (exact) mass is 270 g/mol. The van der Waals surface area contributed by atoms with Gasteiger partial charge in [-0.2, -0.15) is 5.26 Å². The van der Waals surface area contributed by atoms with Crippen molar-refractivity contribution < 1.29 is 0 Å². The lowest BCUT2D eigenvalue weighted by Gasteiger charge is -2.25. The van der Waals surface area contributed by atoms with E-state index in [4.69, 9.17) is 5.26 Å². The summed E-state index contributed by atoms with van der Waals surface area (Å²) < 4.78 is 0. The standard InChI is InChI=1S/C16H23N.C2H3N/c1-6-7-8-12-9-10-13-14(11-12)16(4,5)17-15(13,2)3;1-2-3/h6,9-11,17H,1,7-8H2,2-5H3;1H3. The third-order valence-electron chi connectivity index (χ3n) is 3.69. The van der Waals surface area contributed by atoms with E-state index in [2.05, 4.69) is 57.8 Å². The van der Waals surface area contributed by atoms with Crippen LogP contribution in [0.3, 0.4) is 0 Å². The Hall–Kier alpha value is -1.59. The zero-order valence-corrected chi connectivity index (χ0v) is 13.4. The Morgan fingerprint density at radius 2 is 1.75 bits per heavy atom. The maximum Gasteiger partial charge on any atom is 0.0587 e. The van der Waals surface area contributed by atoms with E-state index in [0.717, 1.165) is 12.8 Å². The molecule has 2 rings (SSSR count). The van der Waals surface area contributed by atoms with Crippen LogP contribution in [0.15, 0.2) is 30.9 Å². The Morgan fingerprint density at radius 3 is 2.30 bits per heavy atom. The molecule has 0 spiro atoms. The number of hydrogen-bond donors (Lipinski definition) is 1. The molecular weight excluding hydrogens is 244 g/mol. The van der Waals surface area contributed by atoms with Gasteiger partial charge in [0, 0.05) is 18.0 Å². The number of nitrogens with one attached hydrogen (secondary N) is 1. The first-order valence-corrected chi connectivity index (χ1v) is 7.13. The van der Waals surface area contributed by atoms with Crippen molar-refractivity contribution in [3.05, 3.63) is 47.5 Å². The summed E-state index contributed by atoms with van der Waals surface area (Å²) in [4.78, 5) is 0. The van der Waals surface area contributed by atoms with E-state index in [9.17, 15) is 0 Å². The number of hydrogen-bond acceptors (Lipinski definition) is 2. The van der Waals surface area contributed by atoms with Crippen molar-refractivity contribution in [1.82, 2.24) is 5.32 Å². The highest BCUT2D eigenvalue weighted by Gasteiger charge is 2.40. The SMILES string of the molecule is C=CCCc1ccc2c(c1)C(C)(C)NC2(C)C.CC#N. The zero-order valence-electron chi connectivity index (χ0n) is 13.4. The molecule has 0 aromatic heterocycles. The van der Waals surface area contributed by atoms with Gasteiger partial charge in [-0.25, -0.2) is 0 Å². The first-order valence-electron chi connectivity index (χ1n) is 7.13. The van der Waals surface area contributed by atoms with Crippen LogP contribution in [0.25, 0.3) is 0 Å². The second-order valence-corrected chi connectivity index (χ2v) is 6.31. The van der Waals surface area contributed by atoms with Gasteiger partial charge in [0.2, 0.25) is 0 Å². The Balaban J connectivity index is 0.000000612. The predicted octanol–water partition coefficient (Wildman–Crippen LogP) is 4.41. The van der Waals surface area contributed by atoms with Crippen molar-refractivity contribution in [2.24, 2.45) is 0 Å². The number of nitrogens with zero attached hydrogens (tertiary/aromatic N) is 1. The molecule has 1 aromatic rings. The van der Waals surface area contributed by atoms with Crippen LogP contribution in [0, 0.1) is 11.3 Å². The molecule has 0 fully saturated rings. The van der Waals surface area contributed by atoms with Gasteiger partial charge >= 0.3 is 0 Å². The summed E-state index contributed by atoms with van der Waals surface area (Å²) in [5.41, 5.74) is 4.45. The number of benzene rings is 1. The Kier molecular flexibility index (Phi) is 5.14. The fraction of sp³-hybridized carbons (Fsp3) is 0.500. The summed E-state index contributed by atoms with van der Waals surface area (Å²) in [6.45, 7) is 14.2. The van der Waals surface area contributed by atoms with E-state index >= 15 is 0 Å². The molecule has 1 aliphatic heterocycles. The van der Waals surface area contributed by atoms with Gasteiger partial charge in [0.15, 0.2) is 0 Å². The highest BCUT2D eigenvalue weighted by Crippen LogP contribution is 2.40. The smallest absolute Gasteiger partial charge is 0.0587 e. The molecule has 2 nitrogen and oxygen atoms in total. The molecule has 20 heavy (non-hydrogen) atoms. The lowest BCUT2D eigenvalue weighted by Crippen LogP contribution is -2.39. The highest BCUT2D eigenvalue weighted by atomic mass is 15.1. The van der Waals surface area contributed by atoms with Gasteiger partial charge in [-0.1, -0.05) is 24.3 Å². The summed E-state index contributed by atoms with van der Waals surface area (Å²) in [5, 5.41) is 11.0. The molecular formula is C18H26N2. The van der Waals surface area contributed by atoms with Crippen LogP contribution in [-0.4, -0.2) is 0 Å². The van der Waals surface area contributed by atoms with Crippen molar-refractivity contribution in [3.63, 3.8) is 0 Å². The minimum atomic E-state index is 0.0724. The van der Waals surface area contributed by atoms with Gasteiger partial charge in [0.05, 0.1) is 6.07 Å². The average molecular weight is 270 g/mol. The number of rotatable bonds is 3. The first-order chi connectivity index (χ1) is 9.28. The molecule has 1 aliphatic rings. The molecule has 0 amide bonds. The normalized spacial score (nSPS) is 17.4. The van der Waals surface area contributed by atoms with E-state index in [-0.39, 0.29) is 11.1 Å². The summed E-state index contributed by atoms with van der Waals surface area (Å²) in [6, 6.07) is 8.66. The number of fused-ring (bicyclic) bond motifs is 1. The fourth-order valence-corrected chi connectivity index (χ4v) is 2.99. The van der Waals surface area contributed by atoms with Gasteiger partial charge in [0.1, 0.15) is 0 Å². The molecule has 1 heterocycles. The van der Waals surface area contributed by atoms with Gasteiger partial charge in [-0.3, -0.25) is 5.32 Å². The van der Waals surface area contributed by atoms with Crippen molar-refractivity contribution in [1.29, 1.82) is 5.26 Å². The third-order valence-corrected chi connectivity index (χ3v) is 3.69. The minimum Gasteiger partial charge on any atom is -0.299 e. The highest BCUT2D eigenvalue weighted by molar-refractivity contribution is 5.45. The number of nitriles is 1. The van der Waals surface area contributed by atoms with Crippen LogP contribution in [-0.2, 0) is 17.5 Å². The second-order valence-electron chi connectivity index (χ2n) is 6.31. The molecule has 1 N–H and O–H groups in total. The van der Waals surface area contributed by atoms with E-state index in [1.54, 1.807) is 6.07 Å². The maximum atomic E-state index is 7.32. The minimum absolute atomic E-state index is 0.0724. The summed E-state index contributed by atoms with van der Waals surface area (Å²) >= 11 is 0. The van der Waals surface area contributed by atoms with E-state index in [1.807, 2.05) is 6.08 Å². The molecule has 108 valence electrons. The van der Waals surface area contributed by atoms with Crippen LogP contribution in [0.5, 0.6) is 0 Å². The molecule has 0 unspecified atom stereocenters. The van der Waals surface area contributed by atoms with Crippen LogP contribution >= 0.6 is 0 Å². The largest absolute Gasteiger partial charge is 0.299 e. The van der Waals surface area contributed by atoms with Gasteiger partial charge < -0.3 is 0 Å². The Bertz CT molecular complexity index is 519.